The van der Waals surface area contributed by atoms with E-state index in [0.717, 1.165) is 0 Å². The molecule has 0 spiro atoms. The van der Waals surface area contributed by atoms with Crippen LogP contribution in [0.3, 0.4) is 0 Å². The molecule has 6 heteroatoms. The molecule has 0 aliphatic heterocycles. The van der Waals surface area contributed by atoms with E-state index in [1.807, 2.05) is 0 Å². The zero-order chi connectivity index (χ0) is 14.0. The van der Waals surface area contributed by atoms with Crippen LogP contribution in [-0.2, 0) is 6.54 Å². The highest BCUT2D eigenvalue weighted by Gasteiger charge is 2.14. The Bertz CT molecular complexity index is 697. The molecule has 0 unspecified atom stereocenters. The van der Waals surface area contributed by atoms with Crippen LogP contribution in [0.1, 0.15) is 16.2 Å². The summed E-state index contributed by atoms with van der Waals surface area (Å²) < 4.78 is 15.0. The van der Waals surface area contributed by atoms with Gasteiger partial charge in [0.25, 0.3) is 5.56 Å². The number of hydrogen-bond acceptors (Lipinski definition) is 3. The number of ketones is 1. The lowest BCUT2D eigenvalue weighted by Crippen LogP contribution is -2.27. The fraction of sp³-hybridized carbons (Fsp3) is 0.154. The van der Waals surface area contributed by atoms with Gasteiger partial charge in [0.2, 0.25) is 0 Å². The van der Waals surface area contributed by atoms with Crippen LogP contribution >= 0.6 is 15.9 Å². The van der Waals surface area contributed by atoms with Crippen molar-refractivity contribution in [2.24, 2.45) is 0 Å². The van der Waals surface area contributed by atoms with Gasteiger partial charge in [0.1, 0.15) is 16.1 Å². The van der Waals surface area contributed by atoms with E-state index in [2.05, 4.69) is 20.9 Å². The van der Waals surface area contributed by atoms with Crippen LogP contribution in [-0.4, -0.2) is 15.3 Å². The zero-order valence-electron chi connectivity index (χ0n) is 10.1. The number of aryl methyl sites for hydroxylation is 1. The van der Waals surface area contributed by atoms with Gasteiger partial charge in [0.15, 0.2) is 5.78 Å². The van der Waals surface area contributed by atoms with Crippen molar-refractivity contribution in [2.45, 2.75) is 13.5 Å². The normalized spacial score (nSPS) is 10.5. The maximum absolute atomic E-state index is 13.5. The van der Waals surface area contributed by atoms with Gasteiger partial charge < -0.3 is 0 Å². The third-order valence-corrected chi connectivity index (χ3v) is 3.22. The molecular formula is C13H10BrFN2O2. The van der Waals surface area contributed by atoms with Gasteiger partial charge in [-0.1, -0.05) is 12.1 Å². The first-order chi connectivity index (χ1) is 9.00. The van der Waals surface area contributed by atoms with Crippen LogP contribution in [0.15, 0.2) is 39.7 Å². The molecule has 2 aromatic rings. The molecule has 1 heterocycles. The van der Waals surface area contributed by atoms with Crippen LogP contribution < -0.4 is 5.56 Å². The molecule has 0 bridgehead atoms. The molecule has 0 radical (unpaired) electrons. The highest BCUT2D eigenvalue weighted by molar-refractivity contribution is 9.10. The highest BCUT2D eigenvalue weighted by Crippen LogP contribution is 2.09. The Morgan fingerprint density at radius 1 is 1.42 bits per heavy atom. The summed E-state index contributed by atoms with van der Waals surface area (Å²) in [5.74, 6) is -0.665. The molecule has 2 rings (SSSR count). The molecule has 19 heavy (non-hydrogen) atoms. The van der Waals surface area contributed by atoms with Crippen molar-refractivity contribution in [3.05, 3.63) is 62.5 Å². The molecular weight excluding hydrogens is 315 g/mol. The monoisotopic (exact) mass is 324 g/mol. The van der Waals surface area contributed by atoms with Gasteiger partial charge in [-0.25, -0.2) is 9.37 Å². The van der Waals surface area contributed by atoms with Crippen LogP contribution in [0.25, 0.3) is 0 Å². The predicted molar refractivity (Wildman–Crippen MR) is 71.7 cm³/mol. The van der Waals surface area contributed by atoms with Crippen LogP contribution in [0, 0.1) is 12.7 Å². The fourth-order valence-corrected chi connectivity index (χ4v) is 1.97. The lowest BCUT2D eigenvalue weighted by Gasteiger charge is -2.09. The fourth-order valence-electron chi connectivity index (χ4n) is 1.65. The molecule has 1 aromatic heterocycles. The summed E-state index contributed by atoms with van der Waals surface area (Å²) in [6.07, 6.45) is 1.38. The first kappa shape index (κ1) is 13.6. The molecule has 4 nitrogen and oxygen atoms in total. The number of carbonyl (C=O) groups excluding carboxylic acids is 1. The summed E-state index contributed by atoms with van der Waals surface area (Å²) in [6.45, 7) is 1.38. The molecule has 0 amide bonds. The highest BCUT2D eigenvalue weighted by atomic mass is 79.9. The first-order valence-electron chi connectivity index (χ1n) is 5.50. The molecule has 0 saturated carbocycles. The quantitative estimate of drug-likeness (QED) is 0.814. The second-order valence-corrected chi connectivity index (χ2v) is 4.80. The van der Waals surface area contributed by atoms with Crippen LogP contribution in [0.2, 0.25) is 0 Å². The van der Waals surface area contributed by atoms with Gasteiger partial charge >= 0.3 is 0 Å². The molecule has 0 saturated heterocycles. The second kappa shape index (κ2) is 5.44. The van der Waals surface area contributed by atoms with Crippen molar-refractivity contribution in [1.82, 2.24) is 9.55 Å². The van der Waals surface area contributed by atoms with Gasteiger partial charge in [-0.05, 0) is 35.0 Å². The lowest BCUT2D eigenvalue weighted by atomic mass is 10.1. The lowest BCUT2D eigenvalue weighted by molar-refractivity contribution is 0.0965. The van der Waals surface area contributed by atoms with Crippen LogP contribution in [0.5, 0.6) is 0 Å². The Kier molecular flexibility index (Phi) is 3.90. The summed E-state index contributed by atoms with van der Waals surface area (Å²) in [7, 11) is 0. The van der Waals surface area contributed by atoms with Gasteiger partial charge in [-0.15, -0.1) is 0 Å². The van der Waals surface area contributed by atoms with E-state index in [9.17, 15) is 14.0 Å². The summed E-state index contributed by atoms with van der Waals surface area (Å²) in [5.41, 5.74) is -0.397. The predicted octanol–water partition coefficient (Wildman–Crippen LogP) is 2.34. The van der Waals surface area contributed by atoms with Crippen molar-refractivity contribution in [1.29, 1.82) is 0 Å². The molecule has 1 aromatic carbocycles. The van der Waals surface area contributed by atoms with E-state index in [4.69, 9.17) is 0 Å². The maximum Gasteiger partial charge on any atom is 0.268 e. The Morgan fingerprint density at radius 3 is 2.79 bits per heavy atom. The van der Waals surface area contributed by atoms with E-state index >= 15 is 0 Å². The van der Waals surface area contributed by atoms with Gasteiger partial charge in [-0.2, -0.15) is 0 Å². The molecule has 0 fully saturated rings. The summed E-state index contributed by atoms with van der Waals surface area (Å²) in [4.78, 5) is 27.9. The summed E-state index contributed by atoms with van der Waals surface area (Å²) in [6, 6.07) is 5.68. The third kappa shape index (κ3) is 2.78. The zero-order valence-corrected chi connectivity index (χ0v) is 11.6. The SMILES string of the molecule is Cc1ncc(Br)c(=O)n1CC(=O)c1ccccc1F. The summed E-state index contributed by atoms with van der Waals surface area (Å²) >= 11 is 3.06. The summed E-state index contributed by atoms with van der Waals surface area (Å²) in [5, 5.41) is 0. The largest absolute Gasteiger partial charge is 0.292 e. The van der Waals surface area contributed by atoms with Crippen LogP contribution in [0.4, 0.5) is 4.39 Å². The van der Waals surface area contributed by atoms with Crippen molar-refractivity contribution in [2.75, 3.05) is 0 Å². The number of nitrogens with zero attached hydrogens (tertiary/aromatic N) is 2. The van der Waals surface area contributed by atoms with Crippen molar-refractivity contribution >= 4 is 21.7 Å². The van der Waals surface area contributed by atoms with Gasteiger partial charge in [0.05, 0.1) is 12.1 Å². The Hall–Kier alpha value is -1.82. The number of rotatable bonds is 3. The molecule has 98 valence electrons. The standard InChI is InChI=1S/C13H10BrFN2O2/c1-8-16-6-10(14)13(19)17(8)7-12(18)9-4-2-3-5-11(9)15/h2-6H,7H2,1H3. The Labute approximate surface area is 117 Å². The molecule has 0 N–H and O–H groups in total. The first-order valence-corrected chi connectivity index (χ1v) is 6.29. The topological polar surface area (TPSA) is 52.0 Å². The number of Topliss-reactive ketones (excluding diaryl/α,β-unsaturated/α-hetero) is 1. The molecule has 0 aliphatic carbocycles. The van der Waals surface area contributed by atoms with Gasteiger partial charge in [0, 0.05) is 6.20 Å². The molecule has 0 atom stereocenters. The number of carbonyl (C=O) groups is 1. The Morgan fingerprint density at radius 2 is 2.11 bits per heavy atom. The maximum atomic E-state index is 13.5. The number of benzene rings is 1. The van der Waals surface area contributed by atoms with Crippen molar-refractivity contribution in [3.63, 3.8) is 0 Å². The minimum absolute atomic E-state index is 0.0335. The smallest absolute Gasteiger partial charge is 0.268 e. The van der Waals surface area contributed by atoms with E-state index in [0.29, 0.717) is 5.82 Å². The van der Waals surface area contributed by atoms with E-state index in [-0.39, 0.29) is 22.1 Å². The number of halogens is 2. The number of aromatic nitrogens is 2. The second-order valence-electron chi connectivity index (χ2n) is 3.95. The van der Waals surface area contributed by atoms with Gasteiger partial charge in [-0.3, -0.25) is 14.2 Å². The average molecular weight is 325 g/mol. The van der Waals surface area contributed by atoms with Crippen molar-refractivity contribution in [3.8, 4) is 0 Å². The van der Waals surface area contributed by atoms with Crippen molar-refractivity contribution < 1.29 is 9.18 Å². The third-order valence-electron chi connectivity index (χ3n) is 2.68. The van der Waals surface area contributed by atoms with E-state index < -0.39 is 11.6 Å². The number of hydrogen-bond donors (Lipinski definition) is 0. The minimum atomic E-state index is -0.596. The van der Waals surface area contributed by atoms with E-state index in [1.54, 1.807) is 13.0 Å². The average Bonchev–Trinajstić information content (AvgIpc) is 2.39. The van der Waals surface area contributed by atoms with E-state index in [1.165, 1.54) is 29.0 Å². The molecule has 0 aliphatic rings. The minimum Gasteiger partial charge on any atom is -0.292 e. The Balaban J connectivity index is 2.38.